The second kappa shape index (κ2) is 7.07. The molecule has 1 saturated carbocycles. The highest BCUT2D eigenvalue weighted by Crippen LogP contribution is 2.46. The Balaban J connectivity index is 1.41. The Hall–Kier alpha value is -1.07. The molecule has 1 aromatic carbocycles. The number of halogens is 2. The third kappa shape index (κ3) is 3.42. The van der Waals surface area contributed by atoms with Crippen LogP contribution in [0.3, 0.4) is 0 Å². The lowest BCUT2D eigenvalue weighted by atomic mass is 9.99. The molecular weight excluding hydrogens is 383 g/mol. The van der Waals surface area contributed by atoms with Crippen molar-refractivity contribution in [3.63, 3.8) is 0 Å². The van der Waals surface area contributed by atoms with Gasteiger partial charge in [0.25, 0.3) is 0 Å². The first-order chi connectivity index (χ1) is 13.1. The Bertz CT molecular complexity index is 826. The van der Waals surface area contributed by atoms with Gasteiger partial charge >= 0.3 is 0 Å². The van der Waals surface area contributed by atoms with Crippen molar-refractivity contribution in [2.75, 3.05) is 0 Å². The number of hydrogen-bond donors (Lipinski definition) is 1. The summed E-state index contributed by atoms with van der Waals surface area (Å²) in [4.78, 5) is 0. The van der Waals surface area contributed by atoms with Crippen LogP contribution >= 0.6 is 23.2 Å². The van der Waals surface area contributed by atoms with Gasteiger partial charge in [-0.3, -0.25) is 0 Å². The molecule has 5 rings (SSSR count). The zero-order chi connectivity index (χ0) is 18.5. The Morgan fingerprint density at radius 3 is 2.67 bits per heavy atom. The SMILES string of the molecule is C[C@@H]1CC2CC(OCc3c(-c4c(Cl)cccc4Cl)noc3C3CC3)CC1N2. The summed E-state index contributed by atoms with van der Waals surface area (Å²) in [6.07, 6.45) is 5.98. The highest BCUT2D eigenvalue weighted by atomic mass is 35.5. The van der Waals surface area contributed by atoms with Crippen molar-refractivity contribution in [1.29, 1.82) is 0 Å². The summed E-state index contributed by atoms with van der Waals surface area (Å²) < 4.78 is 12.1. The van der Waals surface area contributed by atoms with Crippen molar-refractivity contribution >= 4 is 23.2 Å². The summed E-state index contributed by atoms with van der Waals surface area (Å²) in [5.41, 5.74) is 2.50. The van der Waals surface area contributed by atoms with Gasteiger partial charge in [0.2, 0.25) is 0 Å². The largest absolute Gasteiger partial charge is 0.373 e. The van der Waals surface area contributed by atoms with E-state index in [0.29, 0.717) is 34.7 Å². The quantitative estimate of drug-likeness (QED) is 0.704. The fourth-order valence-electron chi connectivity index (χ4n) is 4.70. The maximum Gasteiger partial charge on any atom is 0.145 e. The van der Waals surface area contributed by atoms with Crippen LogP contribution in [0.5, 0.6) is 0 Å². The van der Waals surface area contributed by atoms with E-state index in [1.165, 1.54) is 6.42 Å². The molecule has 3 aliphatic rings. The molecule has 1 aromatic heterocycles. The number of hydrogen-bond acceptors (Lipinski definition) is 4. The van der Waals surface area contributed by atoms with Crippen LogP contribution in [-0.4, -0.2) is 23.3 Å². The number of ether oxygens (including phenoxy) is 1. The molecule has 0 spiro atoms. The first-order valence-electron chi connectivity index (χ1n) is 9.90. The van der Waals surface area contributed by atoms with Crippen LogP contribution < -0.4 is 5.32 Å². The lowest BCUT2D eigenvalue weighted by Crippen LogP contribution is -2.42. The van der Waals surface area contributed by atoms with E-state index in [4.69, 9.17) is 32.5 Å². The maximum absolute atomic E-state index is 6.44. The molecule has 3 heterocycles. The number of piperidine rings is 1. The summed E-state index contributed by atoms with van der Waals surface area (Å²) >= 11 is 12.9. The molecule has 144 valence electrons. The van der Waals surface area contributed by atoms with Crippen LogP contribution in [0.25, 0.3) is 11.3 Å². The molecule has 0 radical (unpaired) electrons. The van der Waals surface area contributed by atoms with Crippen LogP contribution in [0.2, 0.25) is 10.0 Å². The number of nitrogens with zero attached hydrogens (tertiary/aromatic N) is 1. The molecule has 1 aliphatic carbocycles. The van der Waals surface area contributed by atoms with E-state index in [1.807, 2.05) is 18.2 Å². The third-order valence-electron chi connectivity index (χ3n) is 6.29. The second-order valence-corrected chi connectivity index (χ2v) is 9.15. The molecule has 2 saturated heterocycles. The van der Waals surface area contributed by atoms with Gasteiger partial charge in [-0.2, -0.15) is 0 Å². The van der Waals surface area contributed by atoms with E-state index >= 15 is 0 Å². The predicted molar refractivity (Wildman–Crippen MR) is 106 cm³/mol. The lowest BCUT2D eigenvalue weighted by Gasteiger charge is -2.29. The van der Waals surface area contributed by atoms with Crippen molar-refractivity contribution in [2.24, 2.45) is 5.92 Å². The van der Waals surface area contributed by atoms with Gasteiger partial charge in [-0.05, 0) is 50.2 Å². The normalized spacial score (nSPS) is 30.0. The zero-order valence-corrected chi connectivity index (χ0v) is 16.9. The van der Waals surface area contributed by atoms with Crippen LogP contribution in [0.4, 0.5) is 0 Å². The third-order valence-corrected chi connectivity index (χ3v) is 6.92. The van der Waals surface area contributed by atoms with Crippen molar-refractivity contribution in [3.05, 3.63) is 39.6 Å². The van der Waals surface area contributed by atoms with Crippen LogP contribution in [-0.2, 0) is 11.3 Å². The summed E-state index contributed by atoms with van der Waals surface area (Å²) in [6, 6.07) is 6.69. The molecule has 3 unspecified atom stereocenters. The van der Waals surface area contributed by atoms with Crippen LogP contribution in [0.15, 0.2) is 22.7 Å². The molecular formula is C21H24Cl2N2O2. The average Bonchev–Trinajstić information content (AvgIpc) is 3.35. The van der Waals surface area contributed by atoms with E-state index in [0.717, 1.165) is 54.2 Å². The Kier molecular flexibility index (Phi) is 4.71. The number of fused-ring (bicyclic) bond motifs is 2. The van der Waals surface area contributed by atoms with Gasteiger partial charge in [-0.25, -0.2) is 0 Å². The van der Waals surface area contributed by atoms with Crippen LogP contribution in [0.1, 0.15) is 56.3 Å². The fraction of sp³-hybridized carbons (Fsp3) is 0.571. The molecule has 27 heavy (non-hydrogen) atoms. The molecule has 2 bridgehead atoms. The predicted octanol–water partition coefficient (Wildman–Crippen LogP) is 5.57. The van der Waals surface area contributed by atoms with E-state index < -0.39 is 0 Å². The van der Waals surface area contributed by atoms with Gasteiger partial charge in [0.1, 0.15) is 11.5 Å². The number of rotatable bonds is 5. The van der Waals surface area contributed by atoms with Crippen LogP contribution in [0, 0.1) is 5.92 Å². The zero-order valence-electron chi connectivity index (χ0n) is 15.4. The van der Waals surface area contributed by atoms with Gasteiger partial charge in [-0.1, -0.05) is 41.3 Å². The van der Waals surface area contributed by atoms with E-state index in [-0.39, 0.29) is 6.10 Å². The van der Waals surface area contributed by atoms with E-state index in [2.05, 4.69) is 17.4 Å². The first-order valence-corrected chi connectivity index (χ1v) is 10.7. The molecule has 6 heteroatoms. The Labute approximate surface area is 169 Å². The van der Waals surface area contributed by atoms with Gasteiger partial charge in [0.15, 0.2) is 0 Å². The first kappa shape index (κ1) is 18.0. The summed E-state index contributed by atoms with van der Waals surface area (Å²) in [5, 5.41) is 9.24. The van der Waals surface area contributed by atoms with E-state index in [9.17, 15) is 0 Å². The van der Waals surface area contributed by atoms with Gasteiger partial charge in [0.05, 0.1) is 22.8 Å². The molecule has 3 fully saturated rings. The highest BCUT2D eigenvalue weighted by Gasteiger charge is 2.39. The minimum Gasteiger partial charge on any atom is -0.373 e. The standard InChI is InChI=1S/C21H24Cl2N2O2/c1-11-7-13-8-14(9-18(11)24-13)26-10-15-20(25-27-21(15)12-5-6-12)19-16(22)3-2-4-17(19)23/h2-4,11-14,18,24H,5-10H2,1H3/t11-,13?,14?,18?/m1/s1. The van der Waals surface area contributed by atoms with E-state index in [1.54, 1.807) is 0 Å². The molecule has 4 nitrogen and oxygen atoms in total. The minimum atomic E-state index is 0.280. The van der Waals surface area contributed by atoms with Crippen molar-refractivity contribution in [1.82, 2.24) is 10.5 Å². The molecule has 2 aliphatic heterocycles. The van der Waals surface area contributed by atoms with Crippen molar-refractivity contribution < 1.29 is 9.26 Å². The molecule has 2 aromatic rings. The highest BCUT2D eigenvalue weighted by molar-refractivity contribution is 6.39. The number of aromatic nitrogens is 1. The van der Waals surface area contributed by atoms with Gasteiger partial charge < -0.3 is 14.6 Å². The van der Waals surface area contributed by atoms with Crippen molar-refractivity contribution in [3.8, 4) is 11.3 Å². The smallest absolute Gasteiger partial charge is 0.145 e. The summed E-state index contributed by atoms with van der Waals surface area (Å²) in [6.45, 7) is 2.84. The summed E-state index contributed by atoms with van der Waals surface area (Å²) in [7, 11) is 0. The molecule has 0 amide bonds. The van der Waals surface area contributed by atoms with Gasteiger partial charge in [0, 0.05) is 29.1 Å². The van der Waals surface area contributed by atoms with Crippen molar-refractivity contribution in [2.45, 2.75) is 69.7 Å². The average molecular weight is 407 g/mol. The topological polar surface area (TPSA) is 47.3 Å². The fourth-order valence-corrected chi connectivity index (χ4v) is 5.27. The number of nitrogens with one attached hydrogen (secondary N) is 1. The monoisotopic (exact) mass is 406 g/mol. The molecule has 1 N–H and O–H groups in total. The number of benzene rings is 1. The lowest BCUT2D eigenvalue weighted by molar-refractivity contribution is 0.00740. The second-order valence-electron chi connectivity index (χ2n) is 8.33. The minimum absolute atomic E-state index is 0.280. The Morgan fingerprint density at radius 1 is 1.19 bits per heavy atom. The Morgan fingerprint density at radius 2 is 1.96 bits per heavy atom. The summed E-state index contributed by atoms with van der Waals surface area (Å²) in [5.74, 6) is 2.14. The maximum atomic E-state index is 6.44. The molecule has 4 atom stereocenters. The van der Waals surface area contributed by atoms with Gasteiger partial charge in [-0.15, -0.1) is 0 Å².